The molecule has 0 aliphatic carbocycles. The molecule has 164 valence electrons. The SMILES string of the molecule is C/C=C/C(=O)NCCCCCc1nc2ccccc2n1Cc1c(C)c(C)cc(C)c1C. The molecular formula is C27H35N3O. The molecule has 4 heteroatoms. The van der Waals surface area contributed by atoms with Crippen LogP contribution in [0.15, 0.2) is 42.5 Å². The maximum absolute atomic E-state index is 11.5. The first kappa shape index (κ1) is 22.8. The number of allylic oxidation sites excluding steroid dienone is 1. The summed E-state index contributed by atoms with van der Waals surface area (Å²) in [6.45, 7) is 12.3. The average molecular weight is 418 g/mol. The number of para-hydroxylation sites is 2. The largest absolute Gasteiger partial charge is 0.353 e. The van der Waals surface area contributed by atoms with E-state index in [1.807, 2.05) is 6.92 Å². The second kappa shape index (κ2) is 10.4. The molecule has 31 heavy (non-hydrogen) atoms. The van der Waals surface area contributed by atoms with Gasteiger partial charge in [0.1, 0.15) is 5.82 Å². The number of unbranched alkanes of at least 4 members (excludes halogenated alkanes) is 2. The fourth-order valence-electron chi connectivity index (χ4n) is 4.19. The number of nitrogens with zero attached hydrogens (tertiary/aromatic N) is 2. The van der Waals surface area contributed by atoms with E-state index in [-0.39, 0.29) is 5.91 Å². The van der Waals surface area contributed by atoms with Gasteiger partial charge in [-0.2, -0.15) is 0 Å². The number of fused-ring (bicyclic) bond motifs is 1. The van der Waals surface area contributed by atoms with E-state index in [0.29, 0.717) is 0 Å². The van der Waals surface area contributed by atoms with Gasteiger partial charge in [-0.15, -0.1) is 0 Å². The lowest BCUT2D eigenvalue weighted by molar-refractivity contribution is -0.116. The summed E-state index contributed by atoms with van der Waals surface area (Å²) in [7, 11) is 0. The number of carbonyl (C=O) groups excluding carboxylic acids is 1. The summed E-state index contributed by atoms with van der Waals surface area (Å²) in [6, 6.07) is 10.7. The molecule has 1 heterocycles. The zero-order chi connectivity index (χ0) is 22.4. The van der Waals surface area contributed by atoms with E-state index in [1.165, 1.54) is 33.3 Å². The predicted octanol–water partition coefficient (Wildman–Crippen LogP) is 5.72. The first-order valence-corrected chi connectivity index (χ1v) is 11.3. The zero-order valence-electron chi connectivity index (χ0n) is 19.6. The Morgan fingerprint density at radius 3 is 2.45 bits per heavy atom. The Hall–Kier alpha value is -2.88. The predicted molar refractivity (Wildman–Crippen MR) is 130 cm³/mol. The number of hydrogen-bond acceptors (Lipinski definition) is 2. The second-order valence-corrected chi connectivity index (χ2v) is 8.44. The Kier molecular flexibility index (Phi) is 7.67. The lowest BCUT2D eigenvalue weighted by atomic mass is 9.94. The van der Waals surface area contributed by atoms with Crippen LogP contribution in [0.4, 0.5) is 0 Å². The number of hydrogen-bond donors (Lipinski definition) is 1. The van der Waals surface area contributed by atoms with Gasteiger partial charge in [0.2, 0.25) is 5.91 Å². The summed E-state index contributed by atoms with van der Waals surface area (Å²) in [4.78, 5) is 16.5. The van der Waals surface area contributed by atoms with Gasteiger partial charge in [-0.25, -0.2) is 4.98 Å². The minimum Gasteiger partial charge on any atom is -0.353 e. The molecule has 3 rings (SSSR count). The van der Waals surface area contributed by atoms with Gasteiger partial charge in [-0.1, -0.05) is 30.7 Å². The lowest BCUT2D eigenvalue weighted by Crippen LogP contribution is -2.21. The van der Waals surface area contributed by atoms with E-state index in [1.54, 1.807) is 12.2 Å². The molecule has 3 aromatic rings. The van der Waals surface area contributed by atoms with Gasteiger partial charge in [0.25, 0.3) is 0 Å². The summed E-state index contributed by atoms with van der Waals surface area (Å²) in [5, 5.41) is 2.92. The van der Waals surface area contributed by atoms with Crippen molar-refractivity contribution in [3.63, 3.8) is 0 Å². The van der Waals surface area contributed by atoms with Crippen molar-refractivity contribution in [1.82, 2.24) is 14.9 Å². The number of aryl methyl sites for hydroxylation is 3. The van der Waals surface area contributed by atoms with E-state index in [0.717, 1.165) is 50.1 Å². The van der Waals surface area contributed by atoms with Crippen molar-refractivity contribution in [3.05, 3.63) is 76.1 Å². The second-order valence-electron chi connectivity index (χ2n) is 8.44. The molecule has 4 nitrogen and oxygen atoms in total. The Morgan fingerprint density at radius 2 is 1.74 bits per heavy atom. The average Bonchev–Trinajstić information content (AvgIpc) is 3.09. The number of aromatic nitrogens is 2. The monoisotopic (exact) mass is 417 g/mol. The molecule has 0 atom stereocenters. The van der Waals surface area contributed by atoms with Crippen LogP contribution in [-0.4, -0.2) is 22.0 Å². The van der Waals surface area contributed by atoms with E-state index < -0.39 is 0 Å². The molecule has 1 N–H and O–H groups in total. The van der Waals surface area contributed by atoms with Gasteiger partial charge in [0.15, 0.2) is 0 Å². The number of benzene rings is 2. The van der Waals surface area contributed by atoms with E-state index in [9.17, 15) is 4.79 Å². The van der Waals surface area contributed by atoms with Crippen molar-refractivity contribution in [2.24, 2.45) is 0 Å². The summed E-state index contributed by atoms with van der Waals surface area (Å²) in [6.07, 6.45) is 7.39. The maximum atomic E-state index is 11.5. The molecule has 0 unspecified atom stereocenters. The van der Waals surface area contributed by atoms with E-state index >= 15 is 0 Å². The Balaban J connectivity index is 1.75. The van der Waals surface area contributed by atoms with Crippen LogP contribution in [0.5, 0.6) is 0 Å². The van der Waals surface area contributed by atoms with Crippen molar-refractivity contribution < 1.29 is 4.79 Å². The highest BCUT2D eigenvalue weighted by atomic mass is 16.1. The van der Waals surface area contributed by atoms with Gasteiger partial charge in [-0.05, 0) is 93.5 Å². The fraction of sp³-hybridized carbons (Fsp3) is 0.407. The van der Waals surface area contributed by atoms with Crippen molar-refractivity contribution in [2.75, 3.05) is 6.54 Å². The molecule has 1 aromatic heterocycles. The Morgan fingerprint density at radius 1 is 1.03 bits per heavy atom. The zero-order valence-corrected chi connectivity index (χ0v) is 19.6. The van der Waals surface area contributed by atoms with Gasteiger partial charge >= 0.3 is 0 Å². The summed E-state index contributed by atoms with van der Waals surface area (Å²) in [5.41, 5.74) is 9.14. The topological polar surface area (TPSA) is 46.9 Å². The maximum Gasteiger partial charge on any atom is 0.243 e. The van der Waals surface area contributed by atoms with Crippen molar-refractivity contribution in [2.45, 2.75) is 66.8 Å². The van der Waals surface area contributed by atoms with E-state index in [2.05, 4.69) is 67.9 Å². The van der Waals surface area contributed by atoms with Gasteiger partial charge in [0, 0.05) is 19.5 Å². The molecule has 0 radical (unpaired) electrons. The lowest BCUT2D eigenvalue weighted by Gasteiger charge is -2.18. The van der Waals surface area contributed by atoms with Gasteiger partial charge in [0.05, 0.1) is 11.0 Å². The standard InChI is InChI=1S/C27H35N3O/c1-6-12-27(31)28-16-11-7-8-15-26-29-24-13-9-10-14-25(24)30(26)18-23-21(4)19(2)17-20(3)22(23)5/h6,9-10,12-14,17H,7-8,11,15-16,18H2,1-5H3,(H,28,31)/b12-6+. The van der Waals surface area contributed by atoms with Gasteiger partial charge in [-0.3, -0.25) is 4.79 Å². The van der Waals surface area contributed by atoms with Crippen LogP contribution >= 0.6 is 0 Å². The Bertz CT molecular complexity index is 1070. The number of imidazole rings is 1. The highest BCUT2D eigenvalue weighted by molar-refractivity contribution is 5.87. The first-order chi connectivity index (χ1) is 14.9. The quantitative estimate of drug-likeness (QED) is 0.357. The number of nitrogens with one attached hydrogen (secondary N) is 1. The van der Waals surface area contributed by atoms with Crippen LogP contribution in [0.3, 0.4) is 0 Å². The molecule has 0 fully saturated rings. The van der Waals surface area contributed by atoms with Crippen molar-refractivity contribution in [3.8, 4) is 0 Å². The number of carbonyl (C=O) groups is 1. The van der Waals surface area contributed by atoms with Crippen LogP contribution in [0.1, 0.15) is 59.8 Å². The third-order valence-corrected chi connectivity index (χ3v) is 6.27. The van der Waals surface area contributed by atoms with Crippen LogP contribution < -0.4 is 5.32 Å². The molecule has 0 saturated carbocycles. The van der Waals surface area contributed by atoms with Crippen molar-refractivity contribution in [1.29, 1.82) is 0 Å². The normalized spacial score (nSPS) is 11.5. The third-order valence-electron chi connectivity index (χ3n) is 6.27. The van der Waals surface area contributed by atoms with Crippen LogP contribution in [0.2, 0.25) is 0 Å². The van der Waals surface area contributed by atoms with Crippen LogP contribution in [0, 0.1) is 27.7 Å². The van der Waals surface area contributed by atoms with Crippen molar-refractivity contribution >= 4 is 16.9 Å². The molecule has 1 amide bonds. The fourth-order valence-corrected chi connectivity index (χ4v) is 4.19. The van der Waals surface area contributed by atoms with Crippen LogP contribution in [-0.2, 0) is 17.8 Å². The van der Waals surface area contributed by atoms with Gasteiger partial charge < -0.3 is 9.88 Å². The molecule has 0 aliphatic heterocycles. The third kappa shape index (κ3) is 5.43. The Labute approximate surface area is 186 Å². The highest BCUT2D eigenvalue weighted by Gasteiger charge is 2.15. The van der Waals surface area contributed by atoms with Crippen LogP contribution in [0.25, 0.3) is 11.0 Å². The highest BCUT2D eigenvalue weighted by Crippen LogP contribution is 2.26. The summed E-state index contributed by atoms with van der Waals surface area (Å²) >= 11 is 0. The number of rotatable bonds is 9. The molecule has 2 aromatic carbocycles. The summed E-state index contributed by atoms with van der Waals surface area (Å²) in [5.74, 6) is 1.14. The molecule has 0 aliphatic rings. The molecule has 0 spiro atoms. The molecule has 0 bridgehead atoms. The van der Waals surface area contributed by atoms with E-state index in [4.69, 9.17) is 4.98 Å². The molecule has 0 saturated heterocycles. The minimum atomic E-state index is -0.0107. The first-order valence-electron chi connectivity index (χ1n) is 11.3. The summed E-state index contributed by atoms with van der Waals surface area (Å²) < 4.78 is 2.40. The molecular weight excluding hydrogens is 382 g/mol. The minimum absolute atomic E-state index is 0.0107. The smallest absolute Gasteiger partial charge is 0.243 e. The number of amides is 1.